The van der Waals surface area contributed by atoms with Crippen molar-refractivity contribution in [2.75, 3.05) is 46.9 Å². The average molecular weight is 502 g/mol. The van der Waals surface area contributed by atoms with Gasteiger partial charge in [0.1, 0.15) is 6.26 Å². The molecule has 1 aromatic carbocycles. The summed E-state index contributed by atoms with van der Waals surface area (Å²) in [5, 5.41) is 0. The summed E-state index contributed by atoms with van der Waals surface area (Å²) < 4.78 is 5.51. The lowest BCUT2D eigenvalue weighted by Crippen LogP contribution is -2.55. The van der Waals surface area contributed by atoms with Gasteiger partial charge in [0, 0.05) is 38.4 Å². The van der Waals surface area contributed by atoms with Gasteiger partial charge in [0.15, 0.2) is 0 Å². The standard InChI is InChI=1S/C32H43N3O2/c1-25-8-6-7-9-28(13-10-25)32(3,29-14-11-26(2)12-15-29)34-20-21-35(30(23-34)24-37-5)31(36)22-27-16-18-33(4)19-17-27/h9-15,24-25,27H,7,16-23H2,1-5H3/b13-10-,28-9+,30-24+. The average Bonchev–Trinajstić information content (AvgIpc) is 2.88. The SMILES string of the molecule is CO/C=C1\CN(C(C)(C2=C/CC#CC(C)/C=C\2)c2ccc(C)cc2)CCN1C(=O)CC1CCN(C)CC1. The number of aryl methyl sites for hydroxylation is 1. The number of allylic oxidation sites excluding steroid dienone is 2. The van der Waals surface area contributed by atoms with Crippen LogP contribution in [0.5, 0.6) is 0 Å². The second kappa shape index (κ2) is 12.2. The molecule has 0 spiro atoms. The Morgan fingerprint density at radius 1 is 1.16 bits per heavy atom. The van der Waals surface area contributed by atoms with Crippen molar-refractivity contribution in [3.63, 3.8) is 0 Å². The Morgan fingerprint density at radius 2 is 1.89 bits per heavy atom. The Kier molecular flexibility index (Phi) is 8.95. The van der Waals surface area contributed by atoms with E-state index in [1.807, 2.05) is 4.90 Å². The first-order valence-corrected chi connectivity index (χ1v) is 13.7. The van der Waals surface area contributed by atoms with Crippen molar-refractivity contribution in [1.29, 1.82) is 0 Å². The van der Waals surface area contributed by atoms with Gasteiger partial charge in [-0.05, 0) is 70.8 Å². The summed E-state index contributed by atoms with van der Waals surface area (Å²) >= 11 is 0. The van der Waals surface area contributed by atoms with Gasteiger partial charge in [-0.3, -0.25) is 9.69 Å². The van der Waals surface area contributed by atoms with Crippen LogP contribution in [0.25, 0.3) is 0 Å². The second-order valence-corrected chi connectivity index (χ2v) is 11.0. The van der Waals surface area contributed by atoms with Crippen LogP contribution in [0.3, 0.4) is 0 Å². The molecular weight excluding hydrogens is 458 g/mol. The molecule has 198 valence electrons. The molecule has 2 fully saturated rings. The Morgan fingerprint density at radius 3 is 2.59 bits per heavy atom. The number of methoxy groups -OCH3 is 1. The van der Waals surface area contributed by atoms with E-state index in [4.69, 9.17) is 4.74 Å². The summed E-state index contributed by atoms with van der Waals surface area (Å²) in [5.74, 6) is 7.53. The summed E-state index contributed by atoms with van der Waals surface area (Å²) in [5.41, 5.74) is 4.32. The molecule has 3 aliphatic rings. The van der Waals surface area contributed by atoms with Crippen LogP contribution in [0.2, 0.25) is 0 Å². The number of likely N-dealkylation sites (tertiary alicyclic amines) is 1. The molecule has 1 aromatic rings. The largest absolute Gasteiger partial charge is 0.502 e. The van der Waals surface area contributed by atoms with E-state index in [1.165, 1.54) is 16.7 Å². The molecule has 2 saturated heterocycles. The van der Waals surface area contributed by atoms with Crippen molar-refractivity contribution in [2.24, 2.45) is 11.8 Å². The Labute approximate surface area is 223 Å². The predicted molar refractivity (Wildman–Crippen MR) is 151 cm³/mol. The molecule has 0 bridgehead atoms. The van der Waals surface area contributed by atoms with Crippen molar-refractivity contribution >= 4 is 5.91 Å². The minimum atomic E-state index is -0.362. The minimum Gasteiger partial charge on any atom is -0.502 e. The van der Waals surface area contributed by atoms with Crippen molar-refractivity contribution in [1.82, 2.24) is 14.7 Å². The van der Waals surface area contributed by atoms with Crippen molar-refractivity contribution in [2.45, 2.75) is 52.0 Å². The molecule has 5 heteroatoms. The molecule has 5 nitrogen and oxygen atoms in total. The van der Waals surface area contributed by atoms with E-state index in [0.717, 1.165) is 44.6 Å². The molecule has 2 atom stereocenters. The number of nitrogens with zero attached hydrogens (tertiary/aromatic N) is 3. The van der Waals surface area contributed by atoms with Gasteiger partial charge in [0.2, 0.25) is 5.91 Å². The van der Waals surface area contributed by atoms with Crippen LogP contribution in [0.1, 0.15) is 50.7 Å². The molecule has 4 rings (SSSR count). The second-order valence-electron chi connectivity index (χ2n) is 11.0. The number of piperazine rings is 1. The topological polar surface area (TPSA) is 36.0 Å². The van der Waals surface area contributed by atoms with Gasteiger partial charge >= 0.3 is 0 Å². The number of piperidine rings is 1. The summed E-state index contributed by atoms with van der Waals surface area (Å²) in [6, 6.07) is 8.87. The molecule has 2 aliphatic heterocycles. The lowest BCUT2D eigenvalue weighted by Gasteiger charge is -2.48. The highest BCUT2D eigenvalue weighted by Crippen LogP contribution is 2.39. The molecular formula is C32H43N3O2. The molecule has 2 heterocycles. The number of amides is 1. The number of hydrogen-bond donors (Lipinski definition) is 0. The number of hydrogen-bond acceptors (Lipinski definition) is 4. The third kappa shape index (κ3) is 6.37. The third-order valence-corrected chi connectivity index (χ3v) is 8.28. The van der Waals surface area contributed by atoms with Gasteiger partial charge in [-0.2, -0.15) is 0 Å². The fourth-order valence-electron chi connectivity index (χ4n) is 5.77. The molecule has 37 heavy (non-hydrogen) atoms. The van der Waals surface area contributed by atoms with E-state index in [1.54, 1.807) is 13.4 Å². The van der Waals surface area contributed by atoms with Gasteiger partial charge in [-0.1, -0.05) is 59.9 Å². The van der Waals surface area contributed by atoms with Crippen molar-refractivity contribution in [3.8, 4) is 11.8 Å². The first-order valence-electron chi connectivity index (χ1n) is 13.7. The zero-order valence-electron chi connectivity index (χ0n) is 23.3. The lowest BCUT2D eigenvalue weighted by molar-refractivity contribution is -0.132. The number of rotatable bonds is 6. The van der Waals surface area contributed by atoms with Crippen LogP contribution in [-0.4, -0.2) is 67.5 Å². The van der Waals surface area contributed by atoms with Crippen molar-refractivity contribution < 1.29 is 9.53 Å². The van der Waals surface area contributed by atoms with E-state index in [0.29, 0.717) is 25.4 Å². The molecule has 0 radical (unpaired) electrons. The maximum Gasteiger partial charge on any atom is 0.227 e. The van der Waals surface area contributed by atoms with Gasteiger partial charge < -0.3 is 14.5 Å². The van der Waals surface area contributed by atoms with E-state index in [-0.39, 0.29) is 17.4 Å². The van der Waals surface area contributed by atoms with Gasteiger partial charge in [-0.15, -0.1) is 0 Å². The fraction of sp³-hybridized carbons (Fsp3) is 0.531. The number of benzene rings is 1. The minimum absolute atomic E-state index is 0.226. The zero-order chi connectivity index (χ0) is 26.4. The van der Waals surface area contributed by atoms with E-state index in [9.17, 15) is 4.79 Å². The normalized spacial score (nSPS) is 26.7. The Hall–Kier alpha value is -2.81. The summed E-state index contributed by atoms with van der Waals surface area (Å²) in [7, 11) is 3.83. The van der Waals surface area contributed by atoms with Crippen LogP contribution < -0.4 is 0 Å². The molecule has 0 aromatic heterocycles. The van der Waals surface area contributed by atoms with Crippen LogP contribution >= 0.6 is 0 Å². The zero-order valence-corrected chi connectivity index (χ0v) is 23.3. The first kappa shape index (κ1) is 27.2. The monoisotopic (exact) mass is 501 g/mol. The number of carbonyl (C=O) groups excluding carboxylic acids is 1. The summed E-state index contributed by atoms with van der Waals surface area (Å²) in [4.78, 5) is 20.3. The smallest absolute Gasteiger partial charge is 0.227 e. The quantitative estimate of drug-likeness (QED) is 0.401. The van der Waals surface area contributed by atoms with E-state index in [2.05, 4.69) is 92.0 Å². The van der Waals surface area contributed by atoms with Crippen LogP contribution in [0.15, 0.2) is 60.0 Å². The third-order valence-electron chi connectivity index (χ3n) is 8.28. The molecule has 1 amide bonds. The maximum absolute atomic E-state index is 13.5. The first-order chi connectivity index (χ1) is 17.8. The van der Waals surface area contributed by atoms with Crippen molar-refractivity contribution in [3.05, 3.63) is 71.2 Å². The van der Waals surface area contributed by atoms with E-state index < -0.39 is 0 Å². The van der Waals surface area contributed by atoms with E-state index >= 15 is 0 Å². The summed E-state index contributed by atoms with van der Waals surface area (Å²) in [6.07, 6.45) is 12.1. The van der Waals surface area contributed by atoms with Gasteiger partial charge in [0.25, 0.3) is 0 Å². The fourth-order valence-corrected chi connectivity index (χ4v) is 5.77. The Bertz CT molecular complexity index is 1100. The number of carbonyl (C=O) groups is 1. The van der Waals surface area contributed by atoms with Crippen LogP contribution in [-0.2, 0) is 15.1 Å². The molecule has 0 saturated carbocycles. The summed E-state index contributed by atoms with van der Waals surface area (Å²) in [6.45, 7) is 10.8. The Balaban J connectivity index is 1.61. The molecule has 0 N–H and O–H groups in total. The molecule has 1 aliphatic carbocycles. The highest BCUT2D eigenvalue weighted by molar-refractivity contribution is 5.78. The maximum atomic E-state index is 13.5. The van der Waals surface area contributed by atoms with Crippen LogP contribution in [0, 0.1) is 30.6 Å². The number of ether oxygens (including phenoxy) is 1. The predicted octanol–water partition coefficient (Wildman–Crippen LogP) is 5.10. The van der Waals surface area contributed by atoms with Gasteiger partial charge in [-0.25, -0.2) is 0 Å². The van der Waals surface area contributed by atoms with Gasteiger partial charge in [0.05, 0.1) is 18.3 Å². The highest BCUT2D eigenvalue weighted by Gasteiger charge is 2.40. The lowest BCUT2D eigenvalue weighted by atomic mass is 9.80. The molecule has 2 unspecified atom stereocenters. The highest BCUT2D eigenvalue weighted by atomic mass is 16.5. The van der Waals surface area contributed by atoms with Crippen LogP contribution in [0.4, 0.5) is 0 Å².